The Hall–Kier alpha value is -3.74. The average Bonchev–Trinajstić information content (AvgIpc) is 3.37. The van der Waals surface area contributed by atoms with E-state index in [0.717, 1.165) is 12.1 Å². The lowest BCUT2D eigenvalue weighted by molar-refractivity contribution is -0.137. The minimum atomic E-state index is -4.65. The second-order valence-electron chi connectivity index (χ2n) is 6.54. The standard InChI is InChI=1S/C18H14F4N8O/c19-15-4-11(3-14(6-15)18(20,21)22)9-29-10-16(24-27-29)12-5-13(8-23-7-12)17-25-28-30(26-17)1-2-31/h3-8,10,31H,1-2,9H2. The van der Waals surface area contributed by atoms with Gasteiger partial charge in [0.25, 0.3) is 0 Å². The molecule has 0 radical (unpaired) electrons. The second kappa shape index (κ2) is 8.18. The summed E-state index contributed by atoms with van der Waals surface area (Å²) in [6.45, 7) is -0.0322. The van der Waals surface area contributed by atoms with Gasteiger partial charge in [-0.3, -0.25) is 4.98 Å². The number of aliphatic hydroxyl groups is 1. The summed E-state index contributed by atoms with van der Waals surface area (Å²) >= 11 is 0. The van der Waals surface area contributed by atoms with Crippen LogP contribution in [-0.2, 0) is 19.3 Å². The van der Waals surface area contributed by atoms with E-state index in [1.165, 1.54) is 28.1 Å². The number of aliphatic hydroxyl groups excluding tert-OH is 1. The Morgan fingerprint density at radius 1 is 0.968 bits per heavy atom. The third-order valence-electron chi connectivity index (χ3n) is 4.21. The number of aromatic nitrogens is 8. The predicted octanol–water partition coefficient (Wildman–Crippen LogP) is 2.19. The predicted molar refractivity (Wildman–Crippen MR) is 97.7 cm³/mol. The largest absolute Gasteiger partial charge is 0.416 e. The topological polar surface area (TPSA) is 107 Å². The molecule has 31 heavy (non-hydrogen) atoms. The first-order chi connectivity index (χ1) is 14.8. The van der Waals surface area contributed by atoms with E-state index < -0.39 is 17.6 Å². The van der Waals surface area contributed by atoms with Gasteiger partial charge in [0.2, 0.25) is 5.82 Å². The molecular weight excluding hydrogens is 420 g/mol. The van der Waals surface area contributed by atoms with Gasteiger partial charge in [0.05, 0.1) is 31.5 Å². The Balaban J connectivity index is 1.56. The van der Waals surface area contributed by atoms with Crippen molar-refractivity contribution in [3.63, 3.8) is 0 Å². The van der Waals surface area contributed by atoms with Gasteiger partial charge >= 0.3 is 6.18 Å². The van der Waals surface area contributed by atoms with Crippen LogP contribution in [0.1, 0.15) is 11.1 Å². The maximum Gasteiger partial charge on any atom is 0.416 e. The summed E-state index contributed by atoms with van der Waals surface area (Å²) in [7, 11) is 0. The van der Waals surface area contributed by atoms with Crippen LogP contribution in [0.15, 0.2) is 42.9 Å². The van der Waals surface area contributed by atoms with Crippen LogP contribution in [0.5, 0.6) is 0 Å². The molecule has 1 aromatic carbocycles. The third kappa shape index (κ3) is 4.71. The first kappa shape index (κ1) is 20.5. The molecule has 0 atom stereocenters. The molecule has 3 aromatic heterocycles. The SMILES string of the molecule is OCCn1nnc(-c2cncc(-c3cn(Cc4cc(F)cc(C(F)(F)F)c4)nn3)c2)n1. The zero-order valence-electron chi connectivity index (χ0n) is 15.7. The van der Waals surface area contributed by atoms with Crippen molar-refractivity contribution in [3.8, 4) is 22.6 Å². The smallest absolute Gasteiger partial charge is 0.394 e. The van der Waals surface area contributed by atoms with Crippen molar-refractivity contribution in [1.29, 1.82) is 0 Å². The minimum Gasteiger partial charge on any atom is -0.394 e. The molecule has 0 aliphatic rings. The summed E-state index contributed by atoms with van der Waals surface area (Å²) in [4.78, 5) is 5.36. The van der Waals surface area contributed by atoms with Crippen molar-refractivity contribution < 1.29 is 22.7 Å². The second-order valence-corrected chi connectivity index (χ2v) is 6.54. The molecule has 0 amide bonds. The number of alkyl halides is 3. The first-order valence-corrected chi connectivity index (χ1v) is 8.93. The van der Waals surface area contributed by atoms with Gasteiger partial charge < -0.3 is 5.11 Å². The summed E-state index contributed by atoms with van der Waals surface area (Å²) in [6.07, 6.45) is -0.0852. The molecule has 0 saturated carbocycles. The van der Waals surface area contributed by atoms with E-state index in [9.17, 15) is 17.6 Å². The molecule has 4 rings (SSSR count). The zero-order chi connectivity index (χ0) is 22.0. The van der Waals surface area contributed by atoms with E-state index in [4.69, 9.17) is 5.11 Å². The number of benzene rings is 1. The molecule has 0 unspecified atom stereocenters. The highest BCUT2D eigenvalue weighted by molar-refractivity contribution is 5.65. The summed E-state index contributed by atoms with van der Waals surface area (Å²) in [5.41, 5.74) is 0.556. The van der Waals surface area contributed by atoms with E-state index >= 15 is 0 Å². The van der Waals surface area contributed by atoms with Crippen LogP contribution >= 0.6 is 0 Å². The Kier molecular flexibility index (Phi) is 5.42. The molecule has 1 N–H and O–H groups in total. The highest BCUT2D eigenvalue weighted by Gasteiger charge is 2.31. The minimum absolute atomic E-state index is 0.0975. The fourth-order valence-electron chi connectivity index (χ4n) is 2.85. The Bertz CT molecular complexity index is 1200. The van der Waals surface area contributed by atoms with Gasteiger partial charge in [-0.15, -0.1) is 15.3 Å². The van der Waals surface area contributed by atoms with Crippen molar-refractivity contribution in [2.24, 2.45) is 0 Å². The third-order valence-corrected chi connectivity index (χ3v) is 4.21. The van der Waals surface area contributed by atoms with Gasteiger partial charge in [0.1, 0.15) is 11.5 Å². The van der Waals surface area contributed by atoms with Crippen LogP contribution in [0, 0.1) is 5.82 Å². The van der Waals surface area contributed by atoms with Crippen LogP contribution in [-0.4, -0.2) is 51.9 Å². The molecular formula is C18H14F4N8O. The number of hydrogen-bond acceptors (Lipinski definition) is 7. The van der Waals surface area contributed by atoms with E-state index in [1.54, 1.807) is 6.07 Å². The molecule has 0 spiro atoms. The number of rotatable bonds is 6. The number of pyridine rings is 1. The van der Waals surface area contributed by atoms with Crippen LogP contribution < -0.4 is 0 Å². The lowest BCUT2D eigenvalue weighted by Crippen LogP contribution is -2.08. The first-order valence-electron chi connectivity index (χ1n) is 8.93. The highest BCUT2D eigenvalue weighted by atomic mass is 19.4. The van der Waals surface area contributed by atoms with Crippen molar-refractivity contribution in [3.05, 3.63) is 59.8 Å². The summed E-state index contributed by atoms with van der Waals surface area (Å²) in [5.74, 6) is -0.682. The summed E-state index contributed by atoms with van der Waals surface area (Å²) < 4.78 is 53.6. The van der Waals surface area contributed by atoms with Gasteiger partial charge in [-0.2, -0.15) is 18.0 Å². The summed E-state index contributed by atoms with van der Waals surface area (Å²) in [6, 6.07) is 4.03. The zero-order valence-corrected chi connectivity index (χ0v) is 15.7. The van der Waals surface area contributed by atoms with Crippen LogP contribution in [0.25, 0.3) is 22.6 Å². The van der Waals surface area contributed by atoms with Gasteiger partial charge in [0.15, 0.2) is 0 Å². The van der Waals surface area contributed by atoms with Gasteiger partial charge in [-0.05, 0) is 35.0 Å². The Morgan fingerprint density at radius 3 is 2.55 bits per heavy atom. The monoisotopic (exact) mass is 434 g/mol. The molecule has 0 aliphatic heterocycles. The number of hydrogen-bond donors (Lipinski definition) is 1. The lowest BCUT2D eigenvalue weighted by Gasteiger charge is -2.09. The van der Waals surface area contributed by atoms with Crippen LogP contribution in [0.4, 0.5) is 17.6 Å². The van der Waals surface area contributed by atoms with Crippen molar-refractivity contribution >= 4 is 0 Å². The summed E-state index contributed by atoms with van der Waals surface area (Å²) in [5, 5.41) is 28.7. The quantitative estimate of drug-likeness (QED) is 0.464. The van der Waals surface area contributed by atoms with Gasteiger partial charge in [-0.1, -0.05) is 5.21 Å². The fourth-order valence-corrected chi connectivity index (χ4v) is 2.85. The fraction of sp³-hybridized carbons (Fsp3) is 0.222. The number of nitrogens with zero attached hydrogens (tertiary/aromatic N) is 8. The molecule has 0 saturated heterocycles. The molecule has 3 heterocycles. The van der Waals surface area contributed by atoms with E-state index in [-0.39, 0.29) is 25.3 Å². The Labute approximate surface area is 172 Å². The lowest BCUT2D eigenvalue weighted by atomic mass is 10.1. The van der Waals surface area contributed by atoms with Gasteiger partial charge in [-0.25, -0.2) is 9.07 Å². The van der Waals surface area contributed by atoms with Gasteiger partial charge in [0, 0.05) is 23.5 Å². The van der Waals surface area contributed by atoms with Crippen molar-refractivity contribution in [2.75, 3.05) is 6.61 Å². The molecule has 0 bridgehead atoms. The van der Waals surface area contributed by atoms with E-state index in [0.29, 0.717) is 28.7 Å². The molecule has 0 fully saturated rings. The highest BCUT2D eigenvalue weighted by Crippen LogP contribution is 2.30. The maximum absolute atomic E-state index is 13.6. The van der Waals surface area contributed by atoms with E-state index in [2.05, 4.69) is 30.7 Å². The molecule has 160 valence electrons. The molecule has 9 nitrogen and oxygen atoms in total. The average molecular weight is 434 g/mol. The molecule has 13 heteroatoms. The molecule has 0 aliphatic carbocycles. The van der Waals surface area contributed by atoms with Crippen molar-refractivity contribution in [2.45, 2.75) is 19.3 Å². The van der Waals surface area contributed by atoms with E-state index in [1.807, 2.05) is 0 Å². The Morgan fingerprint density at radius 2 is 1.77 bits per heavy atom. The van der Waals surface area contributed by atoms with Crippen LogP contribution in [0.2, 0.25) is 0 Å². The maximum atomic E-state index is 13.6. The number of tetrazole rings is 1. The number of halogens is 4. The van der Waals surface area contributed by atoms with Crippen molar-refractivity contribution in [1.82, 2.24) is 40.2 Å². The normalized spacial score (nSPS) is 11.8. The molecule has 4 aromatic rings. The van der Waals surface area contributed by atoms with Crippen LogP contribution in [0.3, 0.4) is 0 Å².